The highest BCUT2D eigenvalue weighted by Crippen LogP contribution is 2.24. The number of ether oxygens (including phenoxy) is 1. The van der Waals surface area contributed by atoms with Crippen LogP contribution in [0.5, 0.6) is 0 Å². The molecule has 0 atom stereocenters. The van der Waals surface area contributed by atoms with Gasteiger partial charge in [-0.25, -0.2) is 4.79 Å². The fourth-order valence-electron chi connectivity index (χ4n) is 4.17. The van der Waals surface area contributed by atoms with Crippen LogP contribution in [0.2, 0.25) is 0 Å². The van der Waals surface area contributed by atoms with Crippen LogP contribution >= 0.6 is 0 Å². The normalized spacial score (nSPS) is 15.9. The van der Waals surface area contributed by atoms with Crippen molar-refractivity contribution in [1.82, 2.24) is 9.88 Å². The summed E-state index contributed by atoms with van der Waals surface area (Å²) >= 11 is 0. The Balaban J connectivity index is 1.22. The van der Waals surface area contributed by atoms with E-state index in [-0.39, 0.29) is 5.76 Å². The van der Waals surface area contributed by atoms with Crippen molar-refractivity contribution in [2.24, 2.45) is 5.92 Å². The Bertz CT molecular complexity index is 966. The minimum Gasteiger partial charge on any atom is -0.408 e. The molecule has 5 heteroatoms. The molecule has 2 aromatic carbocycles. The van der Waals surface area contributed by atoms with Gasteiger partial charge in [-0.2, -0.15) is 0 Å². The van der Waals surface area contributed by atoms with Crippen LogP contribution in [0.15, 0.2) is 51.7 Å². The highest BCUT2D eigenvalue weighted by Gasteiger charge is 2.19. The first kappa shape index (κ1) is 19.9. The smallest absolute Gasteiger partial charge is 0.408 e. The number of nitrogens with one attached hydrogen (secondary N) is 1. The second-order valence-electron chi connectivity index (χ2n) is 8.06. The molecule has 4 rings (SSSR count). The summed E-state index contributed by atoms with van der Waals surface area (Å²) in [5.74, 6) is 0.418. The van der Waals surface area contributed by atoms with Gasteiger partial charge in [-0.05, 0) is 80.4 Å². The lowest BCUT2D eigenvalue weighted by Crippen LogP contribution is -2.33. The molecule has 0 radical (unpaired) electrons. The monoisotopic (exact) mass is 394 g/mol. The van der Waals surface area contributed by atoms with Gasteiger partial charge in [0.1, 0.15) is 0 Å². The van der Waals surface area contributed by atoms with E-state index in [1.54, 1.807) is 0 Å². The minimum absolute atomic E-state index is 0.387. The molecule has 3 aromatic rings. The quantitative estimate of drug-likeness (QED) is 0.611. The number of aromatic amines is 1. The van der Waals surface area contributed by atoms with Crippen molar-refractivity contribution in [2.45, 2.75) is 45.8 Å². The largest absolute Gasteiger partial charge is 0.417 e. The molecule has 154 valence electrons. The molecule has 0 spiro atoms. The Kier molecular flexibility index (Phi) is 6.47. The van der Waals surface area contributed by atoms with E-state index < -0.39 is 0 Å². The number of hydrogen-bond donors (Lipinski definition) is 1. The van der Waals surface area contributed by atoms with E-state index in [1.165, 1.54) is 36.0 Å². The van der Waals surface area contributed by atoms with Crippen LogP contribution in [0.4, 0.5) is 0 Å². The van der Waals surface area contributed by atoms with Crippen LogP contribution in [0, 0.1) is 5.92 Å². The van der Waals surface area contributed by atoms with E-state index >= 15 is 0 Å². The lowest BCUT2D eigenvalue weighted by molar-refractivity contribution is 0.134. The van der Waals surface area contributed by atoms with Crippen molar-refractivity contribution in [1.29, 1.82) is 0 Å². The molecule has 1 aliphatic rings. The molecule has 1 N–H and O–H groups in total. The number of aromatic nitrogens is 1. The summed E-state index contributed by atoms with van der Waals surface area (Å²) in [7, 11) is 0. The molecule has 5 nitrogen and oxygen atoms in total. The molecule has 1 aromatic heterocycles. The Morgan fingerprint density at radius 3 is 2.55 bits per heavy atom. The van der Waals surface area contributed by atoms with Crippen molar-refractivity contribution >= 4 is 11.1 Å². The molecule has 0 bridgehead atoms. The van der Waals surface area contributed by atoms with E-state index in [0.29, 0.717) is 12.2 Å². The maximum atomic E-state index is 11.3. The Labute approximate surface area is 171 Å². The van der Waals surface area contributed by atoms with Gasteiger partial charge in [-0.15, -0.1) is 0 Å². The zero-order valence-corrected chi connectivity index (χ0v) is 17.2. The summed E-state index contributed by atoms with van der Waals surface area (Å²) in [6.07, 6.45) is 4.93. The van der Waals surface area contributed by atoms with Gasteiger partial charge in [0.05, 0.1) is 12.1 Å². The van der Waals surface area contributed by atoms with E-state index in [0.717, 1.165) is 44.1 Å². The molecule has 0 saturated carbocycles. The lowest BCUT2D eigenvalue weighted by Gasteiger charge is -2.32. The van der Waals surface area contributed by atoms with Crippen molar-refractivity contribution in [3.63, 3.8) is 0 Å². The van der Waals surface area contributed by atoms with Gasteiger partial charge >= 0.3 is 5.76 Å². The zero-order valence-electron chi connectivity index (χ0n) is 17.2. The van der Waals surface area contributed by atoms with Gasteiger partial charge in [-0.3, -0.25) is 9.88 Å². The van der Waals surface area contributed by atoms with Crippen LogP contribution in [-0.4, -0.2) is 29.6 Å². The number of benzene rings is 2. The summed E-state index contributed by atoms with van der Waals surface area (Å²) in [5, 5.41) is 0. The number of likely N-dealkylation sites (tertiary alicyclic amines) is 1. The maximum Gasteiger partial charge on any atom is 0.417 e. The maximum absolute atomic E-state index is 11.3. The zero-order chi connectivity index (χ0) is 20.1. The third-order valence-corrected chi connectivity index (χ3v) is 5.94. The van der Waals surface area contributed by atoms with Crippen LogP contribution in [0.3, 0.4) is 0 Å². The van der Waals surface area contributed by atoms with Crippen LogP contribution in [-0.2, 0) is 24.3 Å². The summed E-state index contributed by atoms with van der Waals surface area (Å²) in [6.45, 7) is 6.68. The fourth-order valence-corrected chi connectivity index (χ4v) is 4.17. The molecule has 0 amide bonds. The first-order chi connectivity index (χ1) is 14.2. The Hall–Kier alpha value is -2.37. The second-order valence-corrected chi connectivity index (χ2v) is 8.06. The predicted octanol–water partition coefficient (Wildman–Crippen LogP) is 4.50. The predicted molar refractivity (Wildman–Crippen MR) is 115 cm³/mol. The van der Waals surface area contributed by atoms with Gasteiger partial charge in [0.2, 0.25) is 0 Å². The Morgan fingerprint density at radius 2 is 1.79 bits per heavy atom. The molecular weight excluding hydrogens is 364 g/mol. The van der Waals surface area contributed by atoms with Crippen molar-refractivity contribution in [3.05, 3.63) is 69.7 Å². The number of fused-ring (bicyclic) bond motifs is 1. The molecule has 2 heterocycles. The van der Waals surface area contributed by atoms with Gasteiger partial charge in [-0.1, -0.05) is 30.3 Å². The lowest BCUT2D eigenvalue weighted by atomic mass is 9.90. The highest BCUT2D eigenvalue weighted by atomic mass is 16.5. The third-order valence-electron chi connectivity index (χ3n) is 5.94. The average molecular weight is 395 g/mol. The standard InChI is InChI=1S/C24H30N2O3/c1-2-28-17-20-7-5-18(6-8-20)3-4-19-11-13-26(14-12-19)16-21-9-10-22-23(15-21)29-24(27)25-22/h5-10,15,19H,2-4,11-14,16-17H2,1H3,(H,25,27). The van der Waals surface area contributed by atoms with Crippen molar-refractivity contribution < 1.29 is 9.15 Å². The number of piperidine rings is 1. The summed E-state index contributed by atoms with van der Waals surface area (Å²) in [5.41, 5.74) is 5.29. The SMILES string of the molecule is CCOCc1ccc(CCC2CCN(Cc3ccc4[nH]c(=O)oc4c3)CC2)cc1. The molecule has 0 aliphatic carbocycles. The van der Waals surface area contributed by atoms with Crippen molar-refractivity contribution in [2.75, 3.05) is 19.7 Å². The molecule has 1 fully saturated rings. The Morgan fingerprint density at radius 1 is 1.07 bits per heavy atom. The van der Waals surface area contributed by atoms with Gasteiger partial charge < -0.3 is 9.15 Å². The summed E-state index contributed by atoms with van der Waals surface area (Å²) in [6, 6.07) is 14.9. The number of hydrogen-bond acceptors (Lipinski definition) is 4. The van der Waals surface area contributed by atoms with Gasteiger partial charge in [0.25, 0.3) is 0 Å². The average Bonchev–Trinajstić information content (AvgIpc) is 3.12. The van der Waals surface area contributed by atoms with Crippen LogP contribution in [0.25, 0.3) is 11.1 Å². The second kappa shape index (κ2) is 9.42. The molecule has 1 aliphatic heterocycles. The first-order valence-corrected chi connectivity index (χ1v) is 10.7. The fraction of sp³-hybridized carbons (Fsp3) is 0.458. The van der Waals surface area contributed by atoms with E-state index in [4.69, 9.17) is 9.15 Å². The molecule has 1 saturated heterocycles. The third kappa shape index (κ3) is 5.37. The van der Waals surface area contributed by atoms with Crippen LogP contribution in [0.1, 0.15) is 42.9 Å². The van der Waals surface area contributed by atoms with Crippen LogP contribution < -0.4 is 5.76 Å². The van der Waals surface area contributed by atoms with Crippen molar-refractivity contribution in [3.8, 4) is 0 Å². The number of nitrogens with zero attached hydrogens (tertiary/aromatic N) is 1. The summed E-state index contributed by atoms with van der Waals surface area (Å²) < 4.78 is 10.6. The highest BCUT2D eigenvalue weighted by molar-refractivity contribution is 5.72. The number of aryl methyl sites for hydroxylation is 1. The van der Waals surface area contributed by atoms with E-state index in [2.05, 4.69) is 40.2 Å². The van der Waals surface area contributed by atoms with Gasteiger partial charge in [0, 0.05) is 13.2 Å². The molecule has 0 unspecified atom stereocenters. The number of rotatable bonds is 8. The topological polar surface area (TPSA) is 58.5 Å². The summed E-state index contributed by atoms with van der Waals surface area (Å²) in [4.78, 5) is 16.5. The van der Waals surface area contributed by atoms with Gasteiger partial charge in [0.15, 0.2) is 5.58 Å². The molecular formula is C24H30N2O3. The number of H-pyrrole nitrogens is 1. The first-order valence-electron chi connectivity index (χ1n) is 10.7. The molecule has 29 heavy (non-hydrogen) atoms. The number of oxazole rings is 1. The minimum atomic E-state index is -0.387. The van der Waals surface area contributed by atoms with E-state index in [1.807, 2.05) is 19.1 Å². The van der Waals surface area contributed by atoms with E-state index in [9.17, 15) is 4.79 Å².